The van der Waals surface area contributed by atoms with Crippen LogP contribution in [0.1, 0.15) is 30.6 Å². The number of amides is 1. The van der Waals surface area contributed by atoms with Crippen molar-refractivity contribution in [1.82, 2.24) is 10.6 Å². The summed E-state index contributed by atoms with van der Waals surface area (Å²) >= 11 is 5.18. The van der Waals surface area contributed by atoms with E-state index in [0.717, 1.165) is 36.1 Å². The average Bonchev–Trinajstić information content (AvgIpc) is 3.00. The van der Waals surface area contributed by atoms with Crippen molar-refractivity contribution in [2.75, 3.05) is 6.54 Å². The molecule has 2 N–H and O–H groups in total. The lowest BCUT2D eigenvalue weighted by molar-refractivity contribution is -0.121. The first-order chi connectivity index (χ1) is 8.24. The van der Waals surface area contributed by atoms with Crippen LogP contribution in [-0.4, -0.2) is 18.5 Å². The third kappa shape index (κ3) is 5.19. The molecule has 1 aromatic rings. The molecule has 1 aliphatic carbocycles. The lowest BCUT2D eigenvalue weighted by Gasteiger charge is -2.04. The van der Waals surface area contributed by atoms with Crippen molar-refractivity contribution in [3.8, 4) is 0 Å². The second kappa shape index (κ2) is 6.52. The van der Waals surface area contributed by atoms with Crippen LogP contribution in [0.4, 0.5) is 0 Å². The molecule has 0 atom stereocenters. The molecule has 17 heavy (non-hydrogen) atoms. The maximum absolute atomic E-state index is 11.4. The fourth-order valence-electron chi connectivity index (χ4n) is 1.56. The Kier molecular flexibility index (Phi) is 5.00. The van der Waals surface area contributed by atoms with Gasteiger partial charge in [-0.05, 0) is 53.9 Å². The van der Waals surface area contributed by atoms with Gasteiger partial charge in [0, 0.05) is 23.9 Å². The van der Waals surface area contributed by atoms with Crippen molar-refractivity contribution in [2.24, 2.45) is 0 Å². The van der Waals surface area contributed by atoms with E-state index in [1.165, 1.54) is 4.88 Å². The molecule has 1 heterocycles. The zero-order chi connectivity index (χ0) is 12.1. The van der Waals surface area contributed by atoms with E-state index in [2.05, 4.69) is 38.7 Å². The van der Waals surface area contributed by atoms with Gasteiger partial charge in [-0.3, -0.25) is 4.79 Å². The molecule has 0 unspecified atom stereocenters. The monoisotopic (exact) mass is 316 g/mol. The Morgan fingerprint density at radius 2 is 2.29 bits per heavy atom. The van der Waals surface area contributed by atoms with Crippen LogP contribution in [-0.2, 0) is 11.3 Å². The standard InChI is InChI=1S/C12H17BrN2OS/c13-11-6-5-10(17-11)8-14-7-1-2-12(16)15-9-3-4-9/h5-6,9,14H,1-4,7-8H2,(H,15,16). The van der Waals surface area contributed by atoms with Gasteiger partial charge in [-0.15, -0.1) is 11.3 Å². The van der Waals surface area contributed by atoms with Gasteiger partial charge in [0.05, 0.1) is 3.79 Å². The fraction of sp³-hybridized carbons (Fsp3) is 0.583. The Hall–Kier alpha value is -0.390. The summed E-state index contributed by atoms with van der Waals surface area (Å²) in [5.74, 6) is 0.202. The third-order valence-electron chi connectivity index (χ3n) is 2.63. The summed E-state index contributed by atoms with van der Waals surface area (Å²) in [4.78, 5) is 12.7. The second-order valence-corrected chi connectivity index (χ2v) is 6.88. The molecule has 0 aliphatic heterocycles. The molecule has 0 bridgehead atoms. The van der Waals surface area contributed by atoms with E-state index in [1.54, 1.807) is 11.3 Å². The van der Waals surface area contributed by atoms with Gasteiger partial charge in [0.1, 0.15) is 0 Å². The Morgan fingerprint density at radius 1 is 1.47 bits per heavy atom. The minimum atomic E-state index is 0.202. The van der Waals surface area contributed by atoms with Crippen molar-refractivity contribution in [1.29, 1.82) is 0 Å². The SMILES string of the molecule is O=C(CCCNCc1ccc(Br)s1)NC1CC1. The van der Waals surface area contributed by atoms with Crippen molar-refractivity contribution < 1.29 is 4.79 Å². The van der Waals surface area contributed by atoms with Gasteiger partial charge in [0.2, 0.25) is 5.91 Å². The second-order valence-electron chi connectivity index (χ2n) is 4.33. The number of carbonyl (C=O) groups excluding carboxylic acids is 1. The number of halogens is 1. The summed E-state index contributed by atoms with van der Waals surface area (Å²) in [6.45, 7) is 1.79. The minimum Gasteiger partial charge on any atom is -0.353 e. The van der Waals surface area contributed by atoms with Crippen LogP contribution >= 0.6 is 27.3 Å². The summed E-state index contributed by atoms with van der Waals surface area (Å²) < 4.78 is 1.16. The topological polar surface area (TPSA) is 41.1 Å². The first kappa shape index (κ1) is 13.1. The van der Waals surface area contributed by atoms with E-state index in [-0.39, 0.29) is 5.91 Å². The predicted octanol–water partition coefficient (Wildman–Crippen LogP) is 2.66. The first-order valence-corrected chi connectivity index (χ1v) is 7.59. The van der Waals surface area contributed by atoms with E-state index < -0.39 is 0 Å². The fourth-order valence-corrected chi connectivity index (χ4v) is 3.01. The van der Waals surface area contributed by atoms with E-state index in [4.69, 9.17) is 0 Å². The third-order valence-corrected chi connectivity index (χ3v) is 4.25. The highest BCUT2D eigenvalue weighted by Crippen LogP contribution is 2.21. The van der Waals surface area contributed by atoms with Crippen LogP contribution < -0.4 is 10.6 Å². The zero-order valence-electron chi connectivity index (χ0n) is 9.67. The van der Waals surface area contributed by atoms with Crippen molar-refractivity contribution >= 4 is 33.2 Å². The molecular formula is C12H17BrN2OS. The minimum absolute atomic E-state index is 0.202. The van der Waals surface area contributed by atoms with Gasteiger partial charge >= 0.3 is 0 Å². The van der Waals surface area contributed by atoms with Crippen molar-refractivity contribution in [2.45, 2.75) is 38.3 Å². The summed E-state index contributed by atoms with van der Waals surface area (Å²) in [5, 5.41) is 6.34. The molecule has 0 spiro atoms. The van der Waals surface area contributed by atoms with Gasteiger partial charge in [0.15, 0.2) is 0 Å². The summed E-state index contributed by atoms with van der Waals surface area (Å²) in [7, 11) is 0. The van der Waals surface area contributed by atoms with Crippen LogP contribution in [0, 0.1) is 0 Å². The molecule has 0 aromatic carbocycles. The number of carbonyl (C=O) groups is 1. The van der Waals surface area contributed by atoms with Gasteiger partial charge in [0.25, 0.3) is 0 Å². The van der Waals surface area contributed by atoms with Crippen molar-refractivity contribution in [3.05, 3.63) is 20.8 Å². The average molecular weight is 317 g/mol. The molecule has 0 saturated heterocycles. The van der Waals surface area contributed by atoms with Crippen LogP contribution in [0.5, 0.6) is 0 Å². The molecule has 5 heteroatoms. The van der Waals surface area contributed by atoms with E-state index in [1.807, 2.05) is 0 Å². The lowest BCUT2D eigenvalue weighted by Crippen LogP contribution is -2.26. The first-order valence-electron chi connectivity index (χ1n) is 5.98. The highest BCUT2D eigenvalue weighted by Gasteiger charge is 2.22. The van der Waals surface area contributed by atoms with Gasteiger partial charge < -0.3 is 10.6 Å². The van der Waals surface area contributed by atoms with Gasteiger partial charge in [-0.2, -0.15) is 0 Å². The Labute approximate surface area is 114 Å². The maximum atomic E-state index is 11.4. The van der Waals surface area contributed by atoms with Crippen LogP contribution in [0.3, 0.4) is 0 Å². The molecule has 0 radical (unpaired) electrons. The van der Waals surface area contributed by atoms with E-state index in [0.29, 0.717) is 12.5 Å². The normalized spacial score (nSPS) is 14.9. The van der Waals surface area contributed by atoms with E-state index in [9.17, 15) is 4.79 Å². The molecule has 1 aromatic heterocycles. The highest BCUT2D eigenvalue weighted by atomic mass is 79.9. The number of thiophene rings is 1. The van der Waals surface area contributed by atoms with Crippen LogP contribution in [0.25, 0.3) is 0 Å². The maximum Gasteiger partial charge on any atom is 0.220 e. The van der Waals surface area contributed by atoms with Gasteiger partial charge in [-0.25, -0.2) is 0 Å². The summed E-state index contributed by atoms with van der Waals surface area (Å²) in [6.07, 6.45) is 3.87. The molecule has 2 rings (SSSR count). The predicted molar refractivity (Wildman–Crippen MR) is 74.1 cm³/mol. The Balaban J connectivity index is 1.49. The molecule has 1 saturated carbocycles. The number of nitrogens with one attached hydrogen (secondary N) is 2. The molecule has 1 aliphatic rings. The zero-order valence-corrected chi connectivity index (χ0v) is 12.1. The summed E-state index contributed by atoms with van der Waals surface area (Å²) in [6, 6.07) is 4.66. The Bertz CT molecular complexity index is 376. The Morgan fingerprint density at radius 3 is 2.94 bits per heavy atom. The summed E-state index contributed by atoms with van der Waals surface area (Å²) in [5.41, 5.74) is 0. The molecule has 1 amide bonds. The molecular weight excluding hydrogens is 300 g/mol. The molecule has 1 fully saturated rings. The lowest BCUT2D eigenvalue weighted by atomic mass is 10.3. The van der Waals surface area contributed by atoms with Gasteiger partial charge in [-0.1, -0.05) is 0 Å². The quantitative estimate of drug-likeness (QED) is 0.759. The largest absolute Gasteiger partial charge is 0.353 e. The number of hydrogen-bond acceptors (Lipinski definition) is 3. The van der Waals surface area contributed by atoms with E-state index >= 15 is 0 Å². The van der Waals surface area contributed by atoms with Crippen LogP contribution in [0.15, 0.2) is 15.9 Å². The highest BCUT2D eigenvalue weighted by molar-refractivity contribution is 9.11. The smallest absolute Gasteiger partial charge is 0.220 e. The molecule has 94 valence electrons. The van der Waals surface area contributed by atoms with Crippen LogP contribution in [0.2, 0.25) is 0 Å². The molecule has 3 nitrogen and oxygen atoms in total. The number of rotatable bonds is 7. The number of hydrogen-bond donors (Lipinski definition) is 2. The van der Waals surface area contributed by atoms with Crippen molar-refractivity contribution in [3.63, 3.8) is 0 Å².